The molecule has 0 aliphatic heterocycles. The van der Waals surface area contributed by atoms with Gasteiger partial charge in [-0.1, -0.05) is 12.8 Å². The molecule has 2 aromatic carbocycles. The minimum atomic E-state index is -4.51. The van der Waals surface area contributed by atoms with E-state index in [1.807, 2.05) is 13.0 Å². The van der Waals surface area contributed by atoms with Gasteiger partial charge in [-0.2, -0.15) is 13.2 Å². The Bertz CT molecular complexity index is 1110. The van der Waals surface area contributed by atoms with Crippen LogP contribution in [-0.4, -0.2) is 23.0 Å². The van der Waals surface area contributed by atoms with Gasteiger partial charge in [0, 0.05) is 23.5 Å². The van der Waals surface area contributed by atoms with E-state index < -0.39 is 17.6 Å². The zero-order chi connectivity index (χ0) is 22.2. The van der Waals surface area contributed by atoms with Crippen LogP contribution in [0.5, 0.6) is 0 Å². The summed E-state index contributed by atoms with van der Waals surface area (Å²) in [4.78, 5) is 17.4. The maximum atomic E-state index is 13.3. The van der Waals surface area contributed by atoms with E-state index >= 15 is 0 Å². The van der Waals surface area contributed by atoms with Crippen molar-refractivity contribution in [2.75, 3.05) is 10.6 Å². The summed E-state index contributed by atoms with van der Waals surface area (Å²) in [6, 6.07) is 8.14. The molecule has 1 fully saturated rings. The Morgan fingerprint density at radius 1 is 1.16 bits per heavy atom. The molecule has 5 nitrogen and oxygen atoms in total. The molecular formula is C22H23F3N4OS. The van der Waals surface area contributed by atoms with Crippen LogP contribution < -0.4 is 16.4 Å². The Morgan fingerprint density at radius 3 is 2.68 bits per heavy atom. The van der Waals surface area contributed by atoms with Crippen LogP contribution in [0.25, 0.3) is 10.2 Å². The number of rotatable bonds is 4. The van der Waals surface area contributed by atoms with Crippen molar-refractivity contribution in [1.82, 2.24) is 4.98 Å². The average Bonchev–Trinajstić information content (AvgIpc) is 3.08. The molecule has 0 radical (unpaired) electrons. The lowest BCUT2D eigenvalue weighted by molar-refractivity contribution is -0.137. The highest BCUT2D eigenvalue weighted by Crippen LogP contribution is 2.34. The van der Waals surface area contributed by atoms with Crippen molar-refractivity contribution < 1.29 is 18.0 Å². The SMILES string of the molecule is Cc1nc2cc(NC(=O)c3ccc(C(F)(F)F)cc3N[C@H]3CCCC[C@@H]3N)ccc2s1. The standard InChI is InChI=1S/C22H23F3N4OS/c1-12-27-19-11-14(7-9-20(19)31-12)28-21(30)15-8-6-13(22(23,24)25)10-18(15)29-17-5-3-2-4-16(17)26/h6-11,16-17,29H,2-5,26H2,1H3,(H,28,30)/t16-,17-/m0/s1. The minimum Gasteiger partial charge on any atom is -0.380 e. The molecule has 0 unspecified atom stereocenters. The summed E-state index contributed by atoms with van der Waals surface area (Å²) in [5, 5.41) is 6.81. The molecule has 1 aromatic heterocycles. The van der Waals surface area contributed by atoms with Crippen molar-refractivity contribution in [3.05, 3.63) is 52.5 Å². The van der Waals surface area contributed by atoms with E-state index in [4.69, 9.17) is 5.73 Å². The zero-order valence-corrected chi connectivity index (χ0v) is 17.7. The van der Waals surface area contributed by atoms with Gasteiger partial charge in [0.25, 0.3) is 5.91 Å². The molecule has 1 aliphatic carbocycles. The van der Waals surface area contributed by atoms with Crippen LogP contribution in [0.1, 0.15) is 46.6 Å². The third kappa shape index (κ3) is 4.83. The number of nitrogens with one attached hydrogen (secondary N) is 2. The number of carbonyl (C=O) groups excluding carboxylic acids is 1. The highest BCUT2D eigenvalue weighted by atomic mass is 32.1. The number of amides is 1. The van der Waals surface area contributed by atoms with Gasteiger partial charge in [0.1, 0.15) is 0 Å². The Hall–Kier alpha value is -2.65. The molecule has 9 heteroatoms. The number of halogens is 3. The number of hydrogen-bond acceptors (Lipinski definition) is 5. The van der Waals surface area contributed by atoms with Gasteiger partial charge in [0.2, 0.25) is 0 Å². The molecule has 31 heavy (non-hydrogen) atoms. The number of aromatic nitrogens is 1. The number of benzene rings is 2. The molecule has 1 aliphatic rings. The number of carbonyl (C=O) groups is 1. The van der Waals surface area contributed by atoms with Gasteiger partial charge < -0.3 is 16.4 Å². The fourth-order valence-electron chi connectivity index (χ4n) is 3.90. The predicted octanol–water partition coefficient (Wildman–Crippen LogP) is 5.56. The highest BCUT2D eigenvalue weighted by Gasteiger charge is 2.32. The van der Waals surface area contributed by atoms with Crippen molar-refractivity contribution in [2.24, 2.45) is 5.73 Å². The smallest absolute Gasteiger partial charge is 0.380 e. The molecule has 164 valence electrons. The minimum absolute atomic E-state index is 0.139. The van der Waals surface area contributed by atoms with E-state index in [1.165, 1.54) is 6.07 Å². The molecule has 1 amide bonds. The molecule has 2 atom stereocenters. The van der Waals surface area contributed by atoms with E-state index in [0.29, 0.717) is 5.69 Å². The molecular weight excluding hydrogens is 425 g/mol. The number of aryl methyl sites for hydroxylation is 1. The lowest BCUT2D eigenvalue weighted by atomic mass is 9.90. The van der Waals surface area contributed by atoms with Crippen LogP contribution in [0.3, 0.4) is 0 Å². The number of fused-ring (bicyclic) bond motifs is 1. The summed E-state index contributed by atoms with van der Waals surface area (Å²) >= 11 is 1.55. The maximum absolute atomic E-state index is 13.3. The number of nitrogens with zero attached hydrogens (tertiary/aromatic N) is 1. The van der Waals surface area contributed by atoms with Crippen LogP contribution in [-0.2, 0) is 6.18 Å². The second-order valence-corrected chi connectivity index (χ2v) is 9.06. The van der Waals surface area contributed by atoms with Gasteiger partial charge in [-0.25, -0.2) is 4.98 Å². The number of hydrogen-bond donors (Lipinski definition) is 3. The predicted molar refractivity (Wildman–Crippen MR) is 118 cm³/mol. The molecule has 4 N–H and O–H groups in total. The van der Waals surface area contributed by atoms with Gasteiger partial charge in [0.15, 0.2) is 0 Å². The normalized spacial score (nSPS) is 19.4. The van der Waals surface area contributed by atoms with Gasteiger partial charge in [-0.3, -0.25) is 4.79 Å². The monoisotopic (exact) mass is 448 g/mol. The molecule has 0 bridgehead atoms. The third-order valence-corrected chi connectivity index (χ3v) is 6.46. The van der Waals surface area contributed by atoms with Gasteiger partial charge in [0.05, 0.1) is 26.4 Å². The third-order valence-electron chi connectivity index (χ3n) is 5.50. The topological polar surface area (TPSA) is 80.0 Å². The van der Waals surface area contributed by atoms with E-state index in [9.17, 15) is 18.0 Å². The zero-order valence-electron chi connectivity index (χ0n) is 16.9. The van der Waals surface area contributed by atoms with E-state index in [-0.39, 0.29) is 23.3 Å². The van der Waals surface area contributed by atoms with Crippen molar-refractivity contribution >= 4 is 38.8 Å². The van der Waals surface area contributed by atoms with Crippen LogP contribution >= 0.6 is 11.3 Å². The molecule has 1 saturated carbocycles. The summed E-state index contributed by atoms with van der Waals surface area (Å²) in [5.74, 6) is -0.494. The van der Waals surface area contributed by atoms with Crippen LogP contribution in [0.4, 0.5) is 24.5 Å². The van der Waals surface area contributed by atoms with E-state index in [1.54, 1.807) is 23.5 Å². The fourth-order valence-corrected chi connectivity index (χ4v) is 4.70. The average molecular weight is 449 g/mol. The number of thiazole rings is 1. The Balaban J connectivity index is 1.63. The van der Waals surface area contributed by atoms with Crippen LogP contribution in [0, 0.1) is 6.92 Å². The summed E-state index contributed by atoms with van der Waals surface area (Å²) < 4.78 is 40.9. The van der Waals surface area contributed by atoms with Crippen LogP contribution in [0.2, 0.25) is 0 Å². The lowest BCUT2D eigenvalue weighted by Crippen LogP contribution is -2.43. The van der Waals surface area contributed by atoms with Crippen molar-refractivity contribution in [2.45, 2.75) is 50.9 Å². The molecule has 3 aromatic rings. The Labute approximate surface area is 181 Å². The number of alkyl halides is 3. The Kier molecular flexibility index (Phi) is 5.90. The molecule has 1 heterocycles. The van der Waals surface area contributed by atoms with Crippen LogP contribution in [0.15, 0.2) is 36.4 Å². The van der Waals surface area contributed by atoms with E-state index in [0.717, 1.165) is 53.0 Å². The second kappa shape index (κ2) is 8.47. The van der Waals surface area contributed by atoms with Crippen molar-refractivity contribution in [3.63, 3.8) is 0 Å². The highest BCUT2D eigenvalue weighted by molar-refractivity contribution is 7.18. The van der Waals surface area contributed by atoms with Gasteiger partial charge >= 0.3 is 6.18 Å². The first-order chi connectivity index (χ1) is 14.7. The first-order valence-corrected chi connectivity index (χ1v) is 10.9. The maximum Gasteiger partial charge on any atom is 0.416 e. The number of nitrogens with two attached hydrogens (primary N) is 1. The van der Waals surface area contributed by atoms with Crippen molar-refractivity contribution in [1.29, 1.82) is 0 Å². The fraction of sp³-hybridized carbons (Fsp3) is 0.364. The summed E-state index contributed by atoms with van der Waals surface area (Å²) in [6.07, 6.45) is -1.02. The van der Waals surface area contributed by atoms with Gasteiger partial charge in [-0.15, -0.1) is 11.3 Å². The summed E-state index contributed by atoms with van der Waals surface area (Å²) in [7, 11) is 0. The molecule has 0 saturated heterocycles. The lowest BCUT2D eigenvalue weighted by Gasteiger charge is -2.31. The first kappa shape index (κ1) is 21.6. The first-order valence-electron chi connectivity index (χ1n) is 10.1. The summed E-state index contributed by atoms with van der Waals surface area (Å²) in [6.45, 7) is 1.90. The quantitative estimate of drug-likeness (QED) is 0.488. The molecule has 4 rings (SSSR count). The van der Waals surface area contributed by atoms with E-state index in [2.05, 4.69) is 15.6 Å². The second-order valence-electron chi connectivity index (χ2n) is 7.83. The summed E-state index contributed by atoms with van der Waals surface area (Å²) in [5.41, 5.74) is 6.93. The van der Waals surface area contributed by atoms with Gasteiger partial charge in [-0.05, 0) is 56.2 Å². The largest absolute Gasteiger partial charge is 0.416 e. The Morgan fingerprint density at radius 2 is 1.94 bits per heavy atom. The van der Waals surface area contributed by atoms with Crippen molar-refractivity contribution in [3.8, 4) is 0 Å². The number of anilines is 2. The molecule has 0 spiro atoms.